The highest BCUT2D eigenvalue weighted by Gasteiger charge is 2.22. The summed E-state index contributed by atoms with van der Waals surface area (Å²) in [5.74, 6) is -0.120. The molecule has 1 aromatic carbocycles. The maximum Gasteiger partial charge on any atom is 0.313 e. The van der Waals surface area contributed by atoms with E-state index in [-0.39, 0.29) is 11.8 Å². The Labute approximate surface area is 148 Å². The van der Waals surface area contributed by atoms with E-state index in [1.807, 2.05) is 35.1 Å². The van der Waals surface area contributed by atoms with Gasteiger partial charge in [0.25, 0.3) is 0 Å². The summed E-state index contributed by atoms with van der Waals surface area (Å²) in [5, 5.41) is 20.2. The molecule has 1 unspecified atom stereocenters. The molecule has 0 aliphatic rings. The summed E-state index contributed by atoms with van der Waals surface area (Å²) < 4.78 is 2.03. The molecule has 0 fully saturated rings. The smallest absolute Gasteiger partial charge is 0.313 e. The summed E-state index contributed by atoms with van der Waals surface area (Å²) in [7, 11) is 0. The Morgan fingerprint density at radius 2 is 2.04 bits per heavy atom. The van der Waals surface area contributed by atoms with Crippen LogP contribution < -0.4 is 0 Å². The number of benzene rings is 1. The number of carbonyl (C=O) groups is 1. The van der Waals surface area contributed by atoms with Crippen LogP contribution in [-0.2, 0) is 4.79 Å². The van der Waals surface area contributed by atoms with Crippen LogP contribution in [0.1, 0.15) is 24.1 Å². The largest absolute Gasteiger partial charge is 0.481 e. The number of carboxylic acids is 1. The Kier molecular flexibility index (Phi) is 5.01. The molecule has 5 nitrogen and oxygen atoms in total. The summed E-state index contributed by atoms with van der Waals surface area (Å²) in [4.78, 5) is 12.0. The number of thiophene rings is 1. The zero-order valence-electron chi connectivity index (χ0n) is 13.3. The van der Waals surface area contributed by atoms with Crippen molar-refractivity contribution in [2.75, 3.05) is 5.75 Å². The average Bonchev–Trinajstić information content (AvgIpc) is 3.18. The molecule has 0 amide bonds. The molecule has 2 heterocycles. The third kappa shape index (κ3) is 3.37. The van der Waals surface area contributed by atoms with Gasteiger partial charge in [-0.25, -0.2) is 0 Å². The van der Waals surface area contributed by atoms with Gasteiger partial charge in [0.1, 0.15) is 0 Å². The standard InChI is InChI=1S/C17H17N3O2S2/c1-11-8-9-23-15(11)16-18-19-17(24-10-14(21)22)20(16)12(2)13-6-4-3-5-7-13/h3-9,12H,10H2,1-2H3,(H,21,22). The highest BCUT2D eigenvalue weighted by Crippen LogP contribution is 2.34. The predicted molar refractivity (Wildman–Crippen MR) is 96.7 cm³/mol. The van der Waals surface area contributed by atoms with E-state index in [0.29, 0.717) is 5.16 Å². The quantitative estimate of drug-likeness (QED) is 0.671. The van der Waals surface area contributed by atoms with Crippen LogP contribution in [-0.4, -0.2) is 31.6 Å². The van der Waals surface area contributed by atoms with Gasteiger partial charge in [-0.1, -0.05) is 42.1 Å². The van der Waals surface area contributed by atoms with E-state index >= 15 is 0 Å². The molecule has 24 heavy (non-hydrogen) atoms. The minimum Gasteiger partial charge on any atom is -0.481 e. The number of hydrogen-bond donors (Lipinski definition) is 1. The number of aromatic nitrogens is 3. The Hall–Kier alpha value is -2.12. The maximum absolute atomic E-state index is 10.9. The topological polar surface area (TPSA) is 68.0 Å². The van der Waals surface area contributed by atoms with E-state index in [2.05, 4.69) is 35.3 Å². The fourth-order valence-corrected chi connectivity index (χ4v) is 4.13. The van der Waals surface area contributed by atoms with Gasteiger partial charge in [0.2, 0.25) is 0 Å². The number of thioether (sulfide) groups is 1. The van der Waals surface area contributed by atoms with E-state index < -0.39 is 5.97 Å². The number of carboxylic acid groups (broad SMARTS) is 1. The number of rotatable bonds is 6. The molecular formula is C17H17N3O2S2. The van der Waals surface area contributed by atoms with Crippen LogP contribution in [0.15, 0.2) is 46.9 Å². The Morgan fingerprint density at radius 3 is 2.67 bits per heavy atom. The van der Waals surface area contributed by atoms with E-state index in [0.717, 1.165) is 21.8 Å². The number of aliphatic carboxylic acids is 1. The number of hydrogen-bond acceptors (Lipinski definition) is 5. The first-order valence-electron chi connectivity index (χ1n) is 7.47. The first kappa shape index (κ1) is 16.7. The van der Waals surface area contributed by atoms with Crippen molar-refractivity contribution in [1.29, 1.82) is 0 Å². The molecule has 0 aliphatic carbocycles. The molecule has 0 radical (unpaired) electrons. The van der Waals surface area contributed by atoms with Gasteiger partial charge in [0.15, 0.2) is 11.0 Å². The second kappa shape index (κ2) is 7.19. The zero-order chi connectivity index (χ0) is 17.1. The minimum atomic E-state index is -0.865. The highest BCUT2D eigenvalue weighted by atomic mass is 32.2. The molecule has 1 atom stereocenters. The summed E-state index contributed by atoms with van der Waals surface area (Å²) in [6, 6.07) is 12.1. The molecule has 0 aliphatic heterocycles. The average molecular weight is 359 g/mol. The molecule has 0 saturated heterocycles. The van der Waals surface area contributed by atoms with Crippen molar-refractivity contribution < 1.29 is 9.90 Å². The second-order valence-electron chi connectivity index (χ2n) is 5.38. The molecule has 0 spiro atoms. The van der Waals surface area contributed by atoms with Gasteiger partial charge in [0, 0.05) is 0 Å². The normalized spacial score (nSPS) is 12.2. The minimum absolute atomic E-state index is 0.00833. The molecular weight excluding hydrogens is 342 g/mol. The summed E-state index contributed by atoms with van der Waals surface area (Å²) in [6.45, 7) is 4.12. The lowest BCUT2D eigenvalue weighted by Crippen LogP contribution is -2.11. The van der Waals surface area contributed by atoms with E-state index in [1.54, 1.807) is 11.3 Å². The van der Waals surface area contributed by atoms with E-state index in [4.69, 9.17) is 5.11 Å². The van der Waals surface area contributed by atoms with Gasteiger partial charge >= 0.3 is 5.97 Å². The van der Waals surface area contributed by atoms with Crippen molar-refractivity contribution >= 4 is 29.1 Å². The lowest BCUT2D eigenvalue weighted by molar-refractivity contribution is -0.133. The molecule has 0 bridgehead atoms. The molecule has 3 aromatic rings. The molecule has 124 valence electrons. The summed E-state index contributed by atoms with van der Waals surface area (Å²) in [5.41, 5.74) is 2.27. The molecule has 1 N–H and O–H groups in total. The monoisotopic (exact) mass is 359 g/mol. The summed E-state index contributed by atoms with van der Waals surface area (Å²) in [6.07, 6.45) is 0. The maximum atomic E-state index is 10.9. The molecule has 2 aromatic heterocycles. The lowest BCUT2D eigenvalue weighted by atomic mass is 10.1. The van der Waals surface area contributed by atoms with Gasteiger partial charge in [-0.3, -0.25) is 9.36 Å². The van der Waals surface area contributed by atoms with Crippen molar-refractivity contribution in [2.45, 2.75) is 25.0 Å². The number of aryl methyl sites for hydroxylation is 1. The Balaban J connectivity index is 2.07. The van der Waals surface area contributed by atoms with Crippen molar-refractivity contribution in [3.8, 4) is 10.7 Å². The molecule has 7 heteroatoms. The third-order valence-corrected chi connectivity index (χ3v) is 5.66. The second-order valence-corrected chi connectivity index (χ2v) is 7.24. The van der Waals surface area contributed by atoms with Crippen molar-refractivity contribution in [3.63, 3.8) is 0 Å². The molecule has 0 saturated carbocycles. The zero-order valence-corrected chi connectivity index (χ0v) is 15.0. The van der Waals surface area contributed by atoms with Crippen molar-refractivity contribution in [1.82, 2.24) is 14.8 Å². The summed E-state index contributed by atoms with van der Waals surface area (Å²) >= 11 is 2.81. The third-order valence-electron chi connectivity index (χ3n) is 3.72. The SMILES string of the molecule is Cc1ccsc1-c1nnc(SCC(=O)O)n1C(C)c1ccccc1. The Bertz CT molecular complexity index is 843. The predicted octanol–water partition coefficient (Wildman–Crippen LogP) is 4.10. The fraction of sp³-hybridized carbons (Fsp3) is 0.235. The van der Waals surface area contributed by atoms with Gasteiger partial charge in [-0.2, -0.15) is 0 Å². The van der Waals surface area contributed by atoms with Gasteiger partial charge in [0.05, 0.1) is 16.7 Å². The van der Waals surface area contributed by atoms with E-state index in [1.165, 1.54) is 11.8 Å². The van der Waals surface area contributed by atoms with E-state index in [9.17, 15) is 4.79 Å². The van der Waals surface area contributed by atoms with Crippen molar-refractivity contribution in [3.05, 3.63) is 52.9 Å². The van der Waals surface area contributed by atoms with Gasteiger partial charge in [-0.05, 0) is 36.4 Å². The lowest BCUT2D eigenvalue weighted by Gasteiger charge is -2.18. The van der Waals surface area contributed by atoms with Gasteiger partial charge < -0.3 is 5.11 Å². The Morgan fingerprint density at radius 1 is 1.29 bits per heavy atom. The number of nitrogens with zero attached hydrogens (tertiary/aromatic N) is 3. The van der Waals surface area contributed by atoms with Crippen LogP contribution >= 0.6 is 23.1 Å². The van der Waals surface area contributed by atoms with Crippen LogP contribution in [0.2, 0.25) is 0 Å². The highest BCUT2D eigenvalue weighted by molar-refractivity contribution is 7.99. The van der Waals surface area contributed by atoms with Crippen LogP contribution in [0.5, 0.6) is 0 Å². The van der Waals surface area contributed by atoms with Crippen LogP contribution in [0.3, 0.4) is 0 Å². The van der Waals surface area contributed by atoms with Crippen LogP contribution in [0.4, 0.5) is 0 Å². The first-order chi connectivity index (χ1) is 11.6. The van der Waals surface area contributed by atoms with Crippen LogP contribution in [0, 0.1) is 6.92 Å². The molecule has 3 rings (SSSR count). The van der Waals surface area contributed by atoms with Crippen LogP contribution in [0.25, 0.3) is 10.7 Å². The fourth-order valence-electron chi connectivity index (χ4n) is 2.49. The van der Waals surface area contributed by atoms with Gasteiger partial charge in [-0.15, -0.1) is 21.5 Å². The first-order valence-corrected chi connectivity index (χ1v) is 9.33. The van der Waals surface area contributed by atoms with Crippen molar-refractivity contribution in [2.24, 2.45) is 0 Å².